The molecule has 100 valence electrons. The summed E-state index contributed by atoms with van der Waals surface area (Å²) < 4.78 is 7.36. The quantitative estimate of drug-likeness (QED) is 0.864. The molecule has 1 N–H and O–H groups in total. The van der Waals surface area contributed by atoms with Crippen LogP contribution in [-0.2, 0) is 11.3 Å². The molecular weight excluding hydrogens is 248 g/mol. The van der Waals surface area contributed by atoms with E-state index in [2.05, 4.69) is 40.2 Å². The van der Waals surface area contributed by atoms with Crippen LogP contribution < -0.4 is 10.2 Å². The summed E-state index contributed by atoms with van der Waals surface area (Å²) in [7, 11) is 5.74. The van der Waals surface area contributed by atoms with Crippen molar-refractivity contribution in [1.82, 2.24) is 14.7 Å². The van der Waals surface area contributed by atoms with Gasteiger partial charge in [-0.2, -0.15) is 0 Å². The van der Waals surface area contributed by atoms with Gasteiger partial charge in [0, 0.05) is 32.3 Å². The SMILES string of the molecule is CNCc1c(N(C)C(C)COC)nc2sccn12. The van der Waals surface area contributed by atoms with E-state index >= 15 is 0 Å². The zero-order valence-corrected chi connectivity index (χ0v) is 12.1. The number of anilines is 1. The number of likely N-dealkylation sites (N-methyl/N-ethyl adjacent to an activating group) is 1. The van der Waals surface area contributed by atoms with Crippen molar-refractivity contribution >= 4 is 22.1 Å². The van der Waals surface area contributed by atoms with E-state index in [0.29, 0.717) is 12.6 Å². The van der Waals surface area contributed by atoms with Crippen LogP contribution in [0.4, 0.5) is 5.82 Å². The lowest BCUT2D eigenvalue weighted by Crippen LogP contribution is -2.33. The zero-order chi connectivity index (χ0) is 13.1. The van der Waals surface area contributed by atoms with Crippen LogP contribution in [0, 0.1) is 0 Å². The highest BCUT2D eigenvalue weighted by molar-refractivity contribution is 7.15. The number of fused-ring (bicyclic) bond motifs is 1. The summed E-state index contributed by atoms with van der Waals surface area (Å²) in [4.78, 5) is 7.92. The van der Waals surface area contributed by atoms with Gasteiger partial charge in [-0.25, -0.2) is 4.98 Å². The molecule has 0 fully saturated rings. The van der Waals surface area contributed by atoms with Gasteiger partial charge in [-0.15, -0.1) is 11.3 Å². The number of rotatable bonds is 6. The number of imidazole rings is 1. The Hall–Kier alpha value is -1.11. The molecule has 0 aliphatic heterocycles. The number of hydrogen-bond acceptors (Lipinski definition) is 5. The van der Waals surface area contributed by atoms with Gasteiger partial charge in [0.05, 0.1) is 18.3 Å². The number of methoxy groups -OCH3 is 1. The molecule has 5 nitrogen and oxygen atoms in total. The van der Waals surface area contributed by atoms with Crippen LogP contribution in [0.1, 0.15) is 12.6 Å². The number of aromatic nitrogens is 2. The van der Waals surface area contributed by atoms with E-state index in [9.17, 15) is 0 Å². The van der Waals surface area contributed by atoms with E-state index in [4.69, 9.17) is 9.72 Å². The summed E-state index contributed by atoms with van der Waals surface area (Å²) in [5.74, 6) is 1.03. The first-order valence-electron chi connectivity index (χ1n) is 5.99. The second kappa shape index (κ2) is 5.69. The van der Waals surface area contributed by atoms with Crippen molar-refractivity contribution in [2.24, 2.45) is 0 Å². The summed E-state index contributed by atoms with van der Waals surface area (Å²) in [6.07, 6.45) is 2.07. The molecule has 0 spiro atoms. The molecule has 0 aromatic carbocycles. The van der Waals surface area contributed by atoms with Crippen molar-refractivity contribution < 1.29 is 4.74 Å². The zero-order valence-electron chi connectivity index (χ0n) is 11.3. The van der Waals surface area contributed by atoms with Gasteiger partial charge in [0.1, 0.15) is 0 Å². The Bertz CT molecular complexity index is 507. The van der Waals surface area contributed by atoms with E-state index in [1.165, 1.54) is 5.69 Å². The summed E-state index contributed by atoms with van der Waals surface area (Å²) in [6.45, 7) is 3.64. The third-order valence-corrected chi connectivity index (χ3v) is 3.84. The Morgan fingerprint density at radius 3 is 3.06 bits per heavy atom. The Labute approximate surface area is 111 Å². The molecule has 0 amide bonds. The molecule has 6 heteroatoms. The molecule has 0 radical (unpaired) electrons. The number of thiazole rings is 1. The summed E-state index contributed by atoms with van der Waals surface area (Å²) in [5, 5.41) is 5.26. The highest BCUT2D eigenvalue weighted by atomic mass is 32.1. The number of ether oxygens (including phenoxy) is 1. The van der Waals surface area contributed by atoms with E-state index < -0.39 is 0 Å². The molecule has 2 heterocycles. The van der Waals surface area contributed by atoms with Gasteiger partial charge in [0.25, 0.3) is 0 Å². The lowest BCUT2D eigenvalue weighted by molar-refractivity contribution is 0.183. The molecule has 1 atom stereocenters. The summed E-state index contributed by atoms with van der Waals surface area (Å²) >= 11 is 1.66. The van der Waals surface area contributed by atoms with Gasteiger partial charge in [-0.05, 0) is 14.0 Å². The maximum Gasteiger partial charge on any atom is 0.195 e. The average Bonchev–Trinajstić information content (AvgIpc) is 2.91. The van der Waals surface area contributed by atoms with Crippen LogP contribution in [0.25, 0.3) is 4.96 Å². The van der Waals surface area contributed by atoms with Gasteiger partial charge in [-0.1, -0.05) is 0 Å². The first-order valence-corrected chi connectivity index (χ1v) is 6.87. The van der Waals surface area contributed by atoms with Crippen molar-refractivity contribution in [2.45, 2.75) is 19.5 Å². The summed E-state index contributed by atoms with van der Waals surface area (Å²) in [5.41, 5.74) is 1.19. The Kier molecular flexibility index (Phi) is 4.21. The van der Waals surface area contributed by atoms with Gasteiger partial charge >= 0.3 is 0 Å². The number of nitrogens with zero attached hydrogens (tertiary/aromatic N) is 3. The van der Waals surface area contributed by atoms with Gasteiger partial charge in [-0.3, -0.25) is 4.40 Å². The minimum absolute atomic E-state index is 0.301. The van der Waals surface area contributed by atoms with Crippen LogP contribution >= 0.6 is 11.3 Å². The maximum absolute atomic E-state index is 5.21. The highest BCUT2D eigenvalue weighted by Gasteiger charge is 2.19. The molecule has 2 rings (SSSR count). The van der Waals surface area contributed by atoms with Gasteiger partial charge < -0.3 is 15.0 Å². The van der Waals surface area contributed by atoms with Crippen LogP contribution in [0.15, 0.2) is 11.6 Å². The molecular formula is C12H20N4OS. The first kappa shape index (κ1) is 13.3. The smallest absolute Gasteiger partial charge is 0.195 e. The van der Waals surface area contributed by atoms with E-state index in [1.807, 2.05) is 7.05 Å². The van der Waals surface area contributed by atoms with Crippen molar-refractivity contribution in [3.63, 3.8) is 0 Å². The van der Waals surface area contributed by atoms with E-state index in [-0.39, 0.29) is 0 Å². The third-order valence-electron chi connectivity index (χ3n) is 3.09. The van der Waals surface area contributed by atoms with Crippen LogP contribution in [0.3, 0.4) is 0 Å². The predicted octanol–water partition coefficient (Wildman–Crippen LogP) is 1.59. The molecule has 0 saturated carbocycles. The summed E-state index contributed by atoms with van der Waals surface area (Å²) in [6, 6.07) is 0.301. The molecule has 0 saturated heterocycles. The standard InChI is InChI=1S/C12H20N4OS/c1-9(8-17-4)15(3)11-10(7-13-2)16-5-6-18-12(16)14-11/h5-6,9,13H,7-8H2,1-4H3. The normalized spacial score (nSPS) is 13.1. The third kappa shape index (κ3) is 2.36. The molecule has 0 bridgehead atoms. The highest BCUT2D eigenvalue weighted by Crippen LogP contribution is 2.25. The Morgan fingerprint density at radius 2 is 2.39 bits per heavy atom. The van der Waals surface area contributed by atoms with Crippen LogP contribution in [-0.4, -0.2) is 43.2 Å². The minimum atomic E-state index is 0.301. The van der Waals surface area contributed by atoms with Crippen molar-refractivity contribution in [1.29, 1.82) is 0 Å². The fourth-order valence-corrected chi connectivity index (χ4v) is 2.73. The maximum atomic E-state index is 5.21. The fraction of sp³-hybridized carbons (Fsp3) is 0.583. The molecule has 2 aromatic heterocycles. The second-order valence-corrected chi connectivity index (χ2v) is 5.26. The lowest BCUT2D eigenvalue weighted by Gasteiger charge is -2.25. The van der Waals surface area contributed by atoms with Crippen molar-refractivity contribution in [3.05, 3.63) is 17.3 Å². The van der Waals surface area contributed by atoms with Crippen molar-refractivity contribution in [2.75, 3.05) is 32.7 Å². The van der Waals surface area contributed by atoms with Gasteiger partial charge in [0.15, 0.2) is 10.8 Å². The first-order chi connectivity index (χ1) is 8.69. The number of hydrogen-bond donors (Lipinski definition) is 1. The lowest BCUT2D eigenvalue weighted by atomic mass is 10.3. The van der Waals surface area contributed by atoms with Crippen LogP contribution in [0.2, 0.25) is 0 Å². The predicted molar refractivity (Wildman–Crippen MR) is 75.6 cm³/mol. The fourth-order valence-electron chi connectivity index (χ4n) is 2.00. The van der Waals surface area contributed by atoms with E-state index in [1.54, 1.807) is 18.4 Å². The number of nitrogens with one attached hydrogen (secondary N) is 1. The van der Waals surface area contributed by atoms with Gasteiger partial charge in [0.2, 0.25) is 0 Å². The monoisotopic (exact) mass is 268 g/mol. The molecule has 2 aromatic rings. The second-order valence-electron chi connectivity index (χ2n) is 4.38. The van der Waals surface area contributed by atoms with Crippen molar-refractivity contribution in [3.8, 4) is 0 Å². The molecule has 0 aliphatic rings. The molecule has 1 unspecified atom stereocenters. The Morgan fingerprint density at radius 1 is 1.61 bits per heavy atom. The topological polar surface area (TPSA) is 41.8 Å². The minimum Gasteiger partial charge on any atom is -0.383 e. The molecule has 0 aliphatic carbocycles. The molecule has 18 heavy (non-hydrogen) atoms. The largest absolute Gasteiger partial charge is 0.383 e. The van der Waals surface area contributed by atoms with E-state index in [0.717, 1.165) is 17.3 Å². The van der Waals surface area contributed by atoms with Crippen LogP contribution in [0.5, 0.6) is 0 Å². The Balaban J connectivity index is 2.36. The average molecular weight is 268 g/mol.